The second kappa shape index (κ2) is 4.84. The van der Waals surface area contributed by atoms with Gasteiger partial charge in [0.1, 0.15) is 0 Å². The van der Waals surface area contributed by atoms with Crippen LogP contribution in [-0.4, -0.2) is 42.1 Å². The molecule has 2 aliphatic heterocycles. The van der Waals surface area contributed by atoms with Crippen molar-refractivity contribution < 1.29 is 0 Å². The molecular weight excluding hydrogens is 212 g/mol. The van der Waals surface area contributed by atoms with Crippen molar-refractivity contribution in [3.8, 4) is 0 Å². The molecule has 0 amide bonds. The molecule has 3 N–H and O–H groups in total. The number of hydrogen-bond acceptors (Lipinski definition) is 4. The van der Waals surface area contributed by atoms with E-state index in [2.05, 4.69) is 36.0 Å². The number of guanidine groups is 1. The maximum Gasteiger partial charge on any atom is 0.192 e. The van der Waals surface area contributed by atoms with Gasteiger partial charge in [-0.25, -0.2) is 0 Å². The predicted octanol–water partition coefficient (Wildman–Crippen LogP) is 1.17. The molecule has 0 aromatic carbocycles. The normalized spacial score (nSPS) is 35.1. The number of nitrogens with one attached hydrogen (secondary N) is 1. The third-order valence-electron chi connectivity index (χ3n) is 4.65. The molecule has 0 aliphatic carbocycles. The summed E-state index contributed by atoms with van der Waals surface area (Å²) in [7, 11) is 0. The molecule has 0 aromatic heterocycles. The van der Waals surface area contributed by atoms with Crippen LogP contribution in [0.4, 0.5) is 0 Å². The summed E-state index contributed by atoms with van der Waals surface area (Å²) in [5, 5.41) is 3.51. The number of nitrogens with zero attached hydrogens (tertiary/aromatic N) is 2. The zero-order chi connectivity index (χ0) is 12.5. The summed E-state index contributed by atoms with van der Waals surface area (Å²) in [6.07, 6.45) is 3.49. The second-order valence-electron chi connectivity index (χ2n) is 5.46. The lowest BCUT2D eigenvalue weighted by molar-refractivity contribution is 0.0548. The topological polar surface area (TPSA) is 53.6 Å². The average molecular weight is 238 g/mol. The Labute approximate surface area is 105 Å². The first-order valence-corrected chi connectivity index (χ1v) is 6.95. The van der Waals surface area contributed by atoms with Crippen molar-refractivity contribution in [3.63, 3.8) is 0 Å². The van der Waals surface area contributed by atoms with Gasteiger partial charge in [-0.05, 0) is 38.6 Å². The van der Waals surface area contributed by atoms with Crippen LogP contribution in [0.1, 0.15) is 40.0 Å². The lowest BCUT2D eigenvalue weighted by Gasteiger charge is -2.50. The van der Waals surface area contributed by atoms with Gasteiger partial charge in [-0.2, -0.15) is 0 Å². The molecule has 1 saturated heterocycles. The highest BCUT2D eigenvalue weighted by Gasteiger charge is 2.49. The summed E-state index contributed by atoms with van der Waals surface area (Å²) in [4.78, 5) is 6.97. The highest BCUT2D eigenvalue weighted by molar-refractivity contribution is 5.81. The van der Waals surface area contributed by atoms with Crippen LogP contribution in [0.15, 0.2) is 4.99 Å². The molecule has 3 atom stereocenters. The van der Waals surface area contributed by atoms with E-state index >= 15 is 0 Å². The zero-order valence-electron chi connectivity index (χ0n) is 11.4. The summed E-state index contributed by atoms with van der Waals surface area (Å²) < 4.78 is 0. The third kappa shape index (κ3) is 1.92. The monoisotopic (exact) mass is 238 g/mol. The number of rotatable bonds is 3. The summed E-state index contributed by atoms with van der Waals surface area (Å²) in [5.41, 5.74) is 6.33. The Bertz CT molecular complexity index is 302. The first-order valence-electron chi connectivity index (χ1n) is 6.95. The third-order valence-corrected chi connectivity index (χ3v) is 4.65. The van der Waals surface area contributed by atoms with Crippen molar-refractivity contribution in [1.82, 2.24) is 10.2 Å². The molecule has 4 nitrogen and oxygen atoms in total. The Kier molecular flexibility index (Phi) is 3.61. The number of nitrogens with two attached hydrogens (primary N) is 1. The Balaban J connectivity index is 2.28. The summed E-state index contributed by atoms with van der Waals surface area (Å²) in [5.74, 6) is 1.43. The molecule has 2 rings (SSSR count). The number of hydrogen-bond donors (Lipinski definition) is 2. The number of piperidine rings is 1. The predicted molar refractivity (Wildman–Crippen MR) is 72.1 cm³/mol. The van der Waals surface area contributed by atoms with Crippen molar-refractivity contribution in [1.29, 1.82) is 0 Å². The maximum atomic E-state index is 6.13. The van der Waals surface area contributed by atoms with Crippen LogP contribution < -0.4 is 11.1 Å². The van der Waals surface area contributed by atoms with Crippen molar-refractivity contribution in [2.45, 2.75) is 51.6 Å². The molecular formula is C13H26N4. The van der Waals surface area contributed by atoms with E-state index in [1.54, 1.807) is 0 Å². The van der Waals surface area contributed by atoms with Crippen LogP contribution in [0, 0.1) is 5.92 Å². The summed E-state index contributed by atoms with van der Waals surface area (Å²) >= 11 is 0. The van der Waals surface area contributed by atoms with E-state index in [-0.39, 0.29) is 5.54 Å². The average Bonchev–Trinajstić information content (AvgIpc) is 2.67. The van der Waals surface area contributed by atoms with Gasteiger partial charge in [0.05, 0.1) is 12.1 Å². The van der Waals surface area contributed by atoms with Gasteiger partial charge in [0.2, 0.25) is 0 Å². The van der Waals surface area contributed by atoms with E-state index in [1.165, 1.54) is 12.8 Å². The minimum atomic E-state index is 0.194. The van der Waals surface area contributed by atoms with Crippen LogP contribution in [0.25, 0.3) is 0 Å². The highest BCUT2D eigenvalue weighted by Crippen LogP contribution is 2.38. The Morgan fingerprint density at radius 1 is 1.59 bits per heavy atom. The van der Waals surface area contributed by atoms with Gasteiger partial charge in [-0.1, -0.05) is 13.8 Å². The lowest BCUT2D eigenvalue weighted by Crippen LogP contribution is -2.64. The van der Waals surface area contributed by atoms with Gasteiger partial charge >= 0.3 is 0 Å². The smallest absolute Gasteiger partial charge is 0.192 e. The van der Waals surface area contributed by atoms with Crippen molar-refractivity contribution in [2.24, 2.45) is 16.6 Å². The van der Waals surface area contributed by atoms with Gasteiger partial charge in [-0.3, -0.25) is 4.99 Å². The quantitative estimate of drug-likeness (QED) is 0.776. The lowest BCUT2D eigenvalue weighted by atomic mass is 9.75. The van der Waals surface area contributed by atoms with E-state index in [0.717, 1.165) is 32.0 Å². The molecule has 1 fully saturated rings. The molecule has 0 saturated carbocycles. The molecule has 2 aliphatic rings. The molecule has 17 heavy (non-hydrogen) atoms. The fraction of sp³-hybridized carbons (Fsp3) is 0.923. The Morgan fingerprint density at radius 3 is 3.00 bits per heavy atom. The first kappa shape index (κ1) is 12.7. The van der Waals surface area contributed by atoms with Crippen LogP contribution in [-0.2, 0) is 0 Å². The molecule has 3 unspecified atom stereocenters. The van der Waals surface area contributed by atoms with Crippen molar-refractivity contribution in [3.05, 3.63) is 0 Å². The van der Waals surface area contributed by atoms with Crippen molar-refractivity contribution in [2.75, 3.05) is 19.6 Å². The molecule has 4 heteroatoms. The van der Waals surface area contributed by atoms with E-state index in [9.17, 15) is 0 Å². The van der Waals surface area contributed by atoms with Gasteiger partial charge < -0.3 is 16.0 Å². The van der Waals surface area contributed by atoms with Crippen LogP contribution in [0.3, 0.4) is 0 Å². The zero-order valence-corrected chi connectivity index (χ0v) is 11.4. The van der Waals surface area contributed by atoms with Gasteiger partial charge in [-0.15, -0.1) is 0 Å². The van der Waals surface area contributed by atoms with E-state index in [0.29, 0.717) is 12.0 Å². The fourth-order valence-electron chi connectivity index (χ4n) is 3.47. The fourth-order valence-corrected chi connectivity index (χ4v) is 3.47. The summed E-state index contributed by atoms with van der Waals surface area (Å²) in [6, 6.07) is 0.494. The van der Waals surface area contributed by atoms with E-state index in [1.807, 2.05) is 0 Å². The van der Waals surface area contributed by atoms with Crippen LogP contribution in [0.5, 0.6) is 0 Å². The van der Waals surface area contributed by atoms with Gasteiger partial charge in [0, 0.05) is 12.6 Å². The number of aliphatic imine (C=N–C) groups is 1. The van der Waals surface area contributed by atoms with Gasteiger partial charge in [0.25, 0.3) is 0 Å². The molecule has 0 bridgehead atoms. The SMILES string of the molecule is CCC(C)N1C(N)=NCC12CCNCC2CC. The van der Waals surface area contributed by atoms with Gasteiger partial charge in [0.15, 0.2) is 5.96 Å². The summed E-state index contributed by atoms with van der Waals surface area (Å²) in [6.45, 7) is 9.86. The first-order chi connectivity index (χ1) is 8.15. The van der Waals surface area contributed by atoms with E-state index in [4.69, 9.17) is 5.73 Å². The Morgan fingerprint density at radius 2 is 2.35 bits per heavy atom. The largest absolute Gasteiger partial charge is 0.370 e. The molecule has 1 spiro atoms. The molecule has 2 heterocycles. The standard InChI is InChI=1S/C13H26N4/c1-4-10(3)17-12(14)16-9-13(17)6-7-15-8-11(13)5-2/h10-11,15H,4-9H2,1-3H3,(H2,14,16). The Hall–Kier alpha value is -0.770. The minimum Gasteiger partial charge on any atom is -0.370 e. The highest BCUT2D eigenvalue weighted by atomic mass is 15.4. The molecule has 0 aromatic rings. The van der Waals surface area contributed by atoms with Crippen LogP contribution in [0.2, 0.25) is 0 Å². The van der Waals surface area contributed by atoms with Crippen molar-refractivity contribution >= 4 is 5.96 Å². The maximum absolute atomic E-state index is 6.13. The van der Waals surface area contributed by atoms with E-state index < -0.39 is 0 Å². The minimum absolute atomic E-state index is 0.194. The molecule has 0 radical (unpaired) electrons. The van der Waals surface area contributed by atoms with Crippen LogP contribution >= 0.6 is 0 Å². The second-order valence-corrected chi connectivity index (χ2v) is 5.46. The molecule has 98 valence electrons.